The number of aromatic nitrogens is 2. The average molecular weight is 294 g/mol. The van der Waals surface area contributed by atoms with Crippen LogP contribution in [0.25, 0.3) is 5.70 Å². The Kier molecular flexibility index (Phi) is 3.75. The second-order valence-corrected chi connectivity index (χ2v) is 6.30. The molecule has 0 radical (unpaired) electrons. The number of allylic oxidation sites excluding steroid dienone is 2. The van der Waals surface area contributed by atoms with Gasteiger partial charge in [0, 0.05) is 24.0 Å². The lowest BCUT2D eigenvalue weighted by Crippen LogP contribution is -2.35. The molecule has 1 N–H and O–H groups in total. The topological polar surface area (TPSA) is 38.0 Å². The first-order chi connectivity index (χ1) is 10.5. The van der Waals surface area contributed by atoms with Crippen molar-refractivity contribution in [2.75, 3.05) is 0 Å². The van der Waals surface area contributed by atoms with Crippen LogP contribution in [0, 0.1) is 19.8 Å². The number of imidazole rings is 1. The maximum absolute atomic E-state index is 10.7. The van der Waals surface area contributed by atoms with Crippen LogP contribution in [-0.2, 0) is 6.42 Å². The standard InChI is InChI=1S/C19H22N2O/c1-14-5-4-6-15(2)18(14)12-16-11-17(7-8-19(16,3)22)21-10-9-20-13-21/h4-11,13,16,22H,12H2,1-3H3/t16-,19?/m1/s1. The second kappa shape index (κ2) is 5.58. The zero-order valence-electron chi connectivity index (χ0n) is 13.3. The third kappa shape index (κ3) is 2.77. The first-order valence-corrected chi connectivity index (χ1v) is 7.64. The van der Waals surface area contributed by atoms with Gasteiger partial charge in [-0.3, -0.25) is 0 Å². The summed E-state index contributed by atoms with van der Waals surface area (Å²) in [7, 11) is 0. The molecule has 0 bridgehead atoms. The van der Waals surface area contributed by atoms with Crippen molar-refractivity contribution >= 4 is 5.70 Å². The Morgan fingerprint density at radius 3 is 2.64 bits per heavy atom. The number of benzene rings is 1. The molecular formula is C19H22N2O. The summed E-state index contributed by atoms with van der Waals surface area (Å²) in [5.74, 6) is 0.0368. The van der Waals surface area contributed by atoms with Crippen molar-refractivity contribution in [3.8, 4) is 0 Å². The fraction of sp³-hybridized carbons (Fsp3) is 0.316. The molecule has 1 aliphatic carbocycles. The van der Waals surface area contributed by atoms with E-state index in [9.17, 15) is 5.11 Å². The zero-order chi connectivity index (χ0) is 15.7. The predicted octanol–water partition coefficient (Wildman–Crippen LogP) is 3.52. The Morgan fingerprint density at radius 1 is 1.27 bits per heavy atom. The van der Waals surface area contributed by atoms with Gasteiger partial charge in [0.05, 0.1) is 11.9 Å². The summed E-state index contributed by atoms with van der Waals surface area (Å²) in [5.41, 5.74) is 4.11. The summed E-state index contributed by atoms with van der Waals surface area (Å²) in [6, 6.07) is 6.35. The lowest BCUT2D eigenvalue weighted by Gasteiger charge is -2.32. The Morgan fingerprint density at radius 2 is 2.00 bits per heavy atom. The van der Waals surface area contributed by atoms with Crippen molar-refractivity contribution < 1.29 is 5.11 Å². The molecule has 3 rings (SSSR count). The maximum Gasteiger partial charge on any atom is 0.0991 e. The van der Waals surface area contributed by atoms with E-state index < -0.39 is 5.60 Å². The van der Waals surface area contributed by atoms with Gasteiger partial charge in [-0.15, -0.1) is 0 Å². The van der Waals surface area contributed by atoms with Crippen molar-refractivity contribution in [1.29, 1.82) is 0 Å². The largest absolute Gasteiger partial charge is 0.385 e. The van der Waals surface area contributed by atoms with Crippen molar-refractivity contribution in [2.45, 2.75) is 32.8 Å². The number of nitrogens with zero attached hydrogens (tertiary/aromatic N) is 2. The molecule has 0 saturated heterocycles. The van der Waals surface area contributed by atoms with Gasteiger partial charge in [0.25, 0.3) is 0 Å². The molecule has 0 aliphatic heterocycles. The van der Waals surface area contributed by atoms with E-state index in [2.05, 4.69) is 43.1 Å². The first-order valence-electron chi connectivity index (χ1n) is 7.64. The molecule has 2 aromatic rings. The lowest BCUT2D eigenvalue weighted by atomic mass is 9.79. The Bertz CT molecular complexity index is 704. The summed E-state index contributed by atoms with van der Waals surface area (Å²) in [6.45, 7) is 6.15. The fourth-order valence-electron chi connectivity index (χ4n) is 3.05. The van der Waals surface area contributed by atoms with Gasteiger partial charge >= 0.3 is 0 Å². The summed E-state index contributed by atoms with van der Waals surface area (Å²) in [4.78, 5) is 4.10. The smallest absolute Gasteiger partial charge is 0.0991 e. The molecule has 0 fully saturated rings. The van der Waals surface area contributed by atoms with Gasteiger partial charge in [-0.25, -0.2) is 4.98 Å². The molecule has 22 heavy (non-hydrogen) atoms. The van der Waals surface area contributed by atoms with E-state index in [0.717, 1.165) is 12.1 Å². The Labute approximate surface area is 131 Å². The van der Waals surface area contributed by atoms with E-state index in [4.69, 9.17) is 0 Å². The Hall–Kier alpha value is -2.13. The van der Waals surface area contributed by atoms with Gasteiger partial charge in [0.15, 0.2) is 0 Å². The van der Waals surface area contributed by atoms with E-state index >= 15 is 0 Å². The summed E-state index contributed by atoms with van der Waals surface area (Å²) < 4.78 is 1.98. The first kappa shape index (κ1) is 14.8. The number of aryl methyl sites for hydroxylation is 2. The number of aliphatic hydroxyl groups is 1. The van der Waals surface area contributed by atoms with Crippen LogP contribution >= 0.6 is 0 Å². The number of hydrogen-bond acceptors (Lipinski definition) is 2. The maximum atomic E-state index is 10.7. The zero-order valence-corrected chi connectivity index (χ0v) is 13.3. The van der Waals surface area contributed by atoms with Gasteiger partial charge in [-0.1, -0.05) is 30.4 Å². The number of hydrogen-bond donors (Lipinski definition) is 1. The molecule has 2 atom stereocenters. The van der Waals surface area contributed by atoms with Crippen LogP contribution in [-0.4, -0.2) is 20.3 Å². The SMILES string of the molecule is Cc1cccc(C)c1C[C@H]1C=C(n2ccnc2)C=CC1(C)O. The highest BCUT2D eigenvalue weighted by Crippen LogP contribution is 2.32. The van der Waals surface area contributed by atoms with Crippen molar-refractivity contribution in [1.82, 2.24) is 9.55 Å². The molecule has 0 saturated carbocycles. The van der Waals surface area contributed by atoms with Crippen LogP contribution in [0.3, 0.4) is 0 Å². The number of rotatable bonds is 3. The van der Waals surface area contributed by atoms with E-state index in [0.29, 0.717) is 0 Å². The summed E-state index contributed by atoms with van der Waals surface area (Å²) in [6.07, 6.45) is 12.3. The van der Waals surface area contributed by atoms with Crippen molar-refractivity contribution in [3.63, 3.8) is 0 Å². The van der Waals surface area contributed by atoms with Crippen molar-refractivity contribution in [3.05, 3.63) is 71.8 Å². The van der Waals surface area contributed by atoms with Gasteiger partial charge in [0.2, 0.25) is 0 Å². The minimum Gasteiger partial charge on any atom is -0.385 e. The molecule has 1 aromatic carbocycles. The second-order valence-electron chi connectivity index (χ2n) is 6.30. The highest BCUT2D eigenvalue weighted by Gasteiger charge is 2.31. The fourth-order valence-corrected chi connectivity index (χ4v) is 3.05. The predicted molar refractivity (Wildman–Crippen MR) is 89.4 cm³/mol. The molecule has 1 heterocycles. The van der Waals surface area contributed by atoms with Gasteiger partial charge in [-0.2, -0.15) is 0 Å². The minimum atomic E-state index is -0.835. The van der Waals surface area contributed by atoms with E-state index in [1.54, 1.807) is 12.5 Å². The van der Waals surface area contributed by atoms with E-state index in [1.807, 2.05) is 29.8 Å². The highest BCUT2D eigenvalue weighted by molar-refractivity contribution is 5.60. The quantitative estimate of drug-likeness (QED) is 0.940. The molecule has 1 unspecified atom stereocenters. The van der Waals surface area contributed by atoms with Gasteiger partial charge in [-0.05, 0) is 50.0 Å². The minimum absolute atomic E-state index is 0.0368. The molecule has 1 aromatic heterocycles. The van der Waals surface area contributed by atoms with E-state index in [1.165, 1.54) is 16.7 Å². The molecule has 1 aliphatic rings. The monoisotopic (exact) mass is 294 g/mol. The van der Waals surface area contributed by atoms with Gasteiger partial charge < -0.3 is 9.67 Å². The lowest BCUT2D eigenvalue weighted by molar-refractivity contribution is 0.0656. The molecule has 3 heteroatoms. The average Bonchev–Trinajstić information content (AvgIpc) is 2.98. The molecule has 3 nitrogen and oxygen atoms in total. The van der Waals surface area contributed by atoms with Crippen LogP contribution in [0.2, 0.25) is 0 Å². The molecule has 114 valence electrons. The van der Waals surface area contributed by atoms with E-state index in [-0.39, 0.29) is 5.92 Å². The summed E-state index contributed by atoms with van der Waals surface area (Å²) in [5, 5.41) is 10.7. The van der Waals surface area contributed by atoms with Crippen LogP contribution in [0.5, 0.6) is 0 Å². The van der Waals surface area contributed by atoms with Crippen molar-refractivity contribution in [2.24, 2.45) is 5.92 Å². The normalized spacial score (nSPS) is 24.4. The van der Waals surface area contributed by atoms with Crippen LogP contribution in [0.4, 0.5) is 0 Å². The van der Waals surface area contributed by atoms with Crippen LogP contribution in [0.1, 0.15) is 23.6 Å². The highest BCUT2D eigenvalue weighted by atomic mass is 16.3. The van der Waals surface area contributed by atoms with Crippen LogP contribution in [0.15, 0.2) is 55.1 Å². The third-order valence-corrected chi connectivity index (χ3v) is 4.59. The Balaban J connectivity index is 1.95. The van der Waals surface area contributed by atoms with Gasteiger partial charge in [0.1, 0.15) is 0 Å². The third-order valence-electron chi connectivity index (χ3n) is 4.59. The molecule has 0 amide bonds. The molecular weight excluding hydrogens is 272 g/mol. The van der Waals surface area contributed by atoms with Crippen LogP contribution < -0.4 is 0 Å². The summed E-state index contributed by atoms with van der Waals surface area (Å²) >= 11 is 0. The molecule has 0 spiro atoms.